The molecule has 8 heteroatoms. The summed E-state index contributed by atoms with van der Waals surface area (Å²) >= 11 is 3.51. The van der Waals surface area contributed by atoms with Gasteiger partial charge in [0, 0.05) is 31.4 Å². The van der Waals surface area contributed by atoms with E-state index in [0.717, 1.165) is 40.6 Å². The lowest BCUT2D eigenvalue weighted by Crippen LogP contribution is -2.44. The van der Waals surface area contributed by atoms with E-state index in [1.54, 1.807) is 6.33 Å². The lowest BCUT2D eigenvalue weighted by Gasteiger charge is -2.38. The van der Waals surface area contributed by atoms with Crippen LogP contribution < -0.4 is 4.90 Å². The summed E-state index contributed by atoms with van der Waals surface area (Å²) in [6.45, 7) is 12.4. The number of hydrogen-bond acceptors (Lipinski definition) is 5. The first-order valence-electron chi connectivity index (χ1n) is 11.5. The van der Waals surface area contributed by atoms with Gasteiger partial charge < -0.3 is 13.7 Å². The van der Waals surface area contributed by atoms with Crippen LogP contribution in [0.4, 0.5) is 5.82 Å². The zero-order valence-electron chi connectivity index (χ0n) is 19.5. The first-order chi connectivity index (χ1) is 15.1. The van der Waals surface area contributed by atoms with E-state index in [1.165, 1.54) is 18.4 Å². The van der Waals surface area contributed by atoms with E-state index >= 15 is 0 Å². The first kappa shape index (κ1) is 22.0. The summed E-state index contributed by atoms with van der Waals surface area (Å²) in [6.07, 6.45) is 9.74. The van der Waals surface area contributed by atoms with Crippen molar-refractivity contribution >= 4 is 35.7 Å². The minimum absolute atomic E-state index is 0.121. The van der Waals surface area contributed by atoms with Crippen LogP contribution >= 0.6 is 15.9 Å². The normalized spacial score (nSPS) is 22.1. The minimum atomic E-state index is -1.88. The zero-order chi connectivity index (χ0) is 22.7. The Morgan fingerprint density at radius 1 is 1.12 bits per heavy atom. The summed E-state index contributed by atoms with van der Waals surface area (Å²) in [5, 5.41) is 0.177. The highest BCUT2D eigenvalue weighted by atomic mass is 79.9. The third kappa shape index (κ3) is 4.24. The predicted molar refractivity (Wildman–Crippen MR) is 134 cm³/mol. The second-order valence-electron chi connectivity index (χ2n) is 10.8. The second kappa shape index (κ2) is 7.92. The van der Waals surface area contributed by atoms with E-state index in [4.69, 9.17) is 9.41 Å². The molecule has 4 heterocycles. The van der Waals surface area contributed by atoms with Gasteiger partial charge in [0.2, 0.25) is 0 Å². The number of hydrogen-bond donors (Lipinski definition) is 0. The van der Waals surface area contributed by atoms with Gasteiger partial charge in [0.1, 0.15) is 22.4 Å². The molecule has 1 aliphatic heterocycles. The molecule has 3 aromatic rings. The summed E-state index contributed by atoms with van der Waals surface area (Å²) in [6, 6.07) is 6.50. The van der Waals surface area contributed by atoms with E-state index in [0.29, 0.717) is 0 Å². The molecule has 6 nitrogen and oxygen atoms in total. The molecule has 0 amide bonds. The van der Waals surface area contributed by atoms with E-state index in [-0.39, 0.29) is 17.2 Å². The van der Waals surface area contributed by atoms with Crippen molar-refractivity contribution in [3.8, 4) is 0 Å². The Balaban J connectivity index is 1.48. The number of pyridine rings is 1. The van der Waals surface area contributed by atoms with Crippen molar-refractivity contribution in [3.63, 3.8) is 0 Å². The molecule has 0 aromatic carbocycles. The average molecular weight is 515 g/mol. The smallest absolute Gasteiger partial charge is 0.192 e. The van der Waals surface area contributed by atoms with Crippen molar-refractivity contribution in [2.45, 2.75) is 76.2 Å². The maximum Gasteiger partial charge on any atom is 0.192 e. The maximum absolute atomic E-state index is 6.84. The van der Waals surface area contributed by atoms with Crippen LogP contribution in [-0.2, 0) is 4.43 Å². The lowest BCUT2D eigenvalue weighted by atomic mass is 10.1. The molecular formula is C24H32BrN5OSi. The Hall–Kier alpha value is -1.77. The highest BCUT2D eigenvalue weighted by Crippen LogP contribution is 2.43. The molecule has 0 N–H and O–H groups in total. The molecule has 2 fully saturated rings. The van der Waals surface area contributed by atoms with E-state index in [9.17, 15) is 0 Å². The fourth-order valence-electron chi connectivity index (χ4n) is 4.34. The van der Waals surface area contributed by atoms with Gasteiger partial charge in [0.05, 0.1) is 17.8 Å². The van der Waals surface area contributed by atoms with Gasteiger partial charge in [-0.1, -0.05) is 26.8 Å². The molecule has 0 bridgehead atoms. The quantitative estimate of drug-likeness (QED) is 0.304. The second-order valence-corrected chi connectivity index (χ2v) is 16.3. The molecule has 1 saturated carbocycles. The van der Waals surface area contributed by atoms with Crippen LogP contribution in [-0.4, -0.2) is 40.3 Å². The SMILES string of the molecule is CC(C)(C)[Si](C)(C)O[C@H]1C[C@H](c2cn3cc(C4CC4)ccc3n2)N(c2cc(Br)ncn2)C1. The molecule has 0 unspecified atom stereocenters. The Morgan fingerprint density at radius 2 is 1.91 bits per heavy atom. The number of fused-ring (bicyclic) bond motifs is 1. The molecule has 0 spiro atoms. The third-order valence-electron chi connectivity index (χ3n) is 7.33. The van der Waals surface area contributed by atoms with Gasteiger partial charge in [-0.25, -0.2) is 15.0 Å². The molecule has 2 aliphatic rings. The highest BCUT2D eigenvalue weighted by Gasteiger charge is 2.43. The molecule has 0 radical (unpaired) electrons. The van der Waals surface area contributed by atoms with Gasteiger partial charge in [-0.3, -0.25) is 0 Å². The van der Waals surface area contributed by atoms with Gasteiger partial charge in [-0.2, -0.15) is 0 Å². The summed E-state index contributed by atoms with van der Waals surface area (Å²) < 4.78 is 9.82. The Kier molecular flexibility index (Phi) is 5.45. The van der Waals surface area contributed by atoms with Gasteiger partial charge in [0.15, 0.2) is 8.32 Å². The topological polar surface area (TPSA) is 55.6 Å². The molecule has 170 valence electrons. The molecule has 5 rings (SSSR count). The van der Waals surface area contributed by atoms with Gasteiger partial charge in [0.25, 0.3) is 0 Å². The fraction of sp³-hybridized carbons (Fsp3) is 0.542. The van der Waals surface area contributed by atoms with Crippen molar-refractivity contribution in [1.82, 2.24) is 19.4 Å². The van der Waals surface area contributed by atoms with Gasteiger partial charge >= 0.3 is 0 Å². The average Bonchev–Trinajstić information content (AvgIpc) is 3.34. The van der Waals surface area contributed by atoms with Crippen LogP contribution in [0, 0.1) is 0 Å². The number of imidazole rings is 1. The summed E-state index contributed by atoms with van der Waals surface area (Å²) in [4.78, 5) is 16.2. The monoisotopic (exact) mass is 513 g/mol. The fourth-order valence-corrected chi connectivity index (χ4v) is 5.99. The molecular weight excluding hydrogens is 482 g/mol. The number of halogens is 1. The first-order valence-corrected chi connectivity index (χ1v) is 15.2. The van der Waals surface area contributed by atoms with Crippen molar-refractivity contribution in [2.24, 2.45) is 0 Å². The molecule has 1 aliphatic carbocycles. The largest absolute Gasteiger partial charge is 0.412 e. The minimum Gasteiger partial charge on any atom is -0.412 e. The van der Waals surface area contributed by atoms with Gasteiger partial charge in [-0.05, 0) is 64.5 Å². The van der Waals surface area contributed by atoms with Crippen LogP contribution in [0.2, 0.25) is 18.1 Å². The van der Waals surface area contributed by atoms with Crippen LogP contribution in [0.3, 0.4) is 0 Å². The molecule has 1 saturated heterocycles. The Morgan fingerprint density at radius 3 is 2.59 bits per heavy atom. The van der Waals surface area contributed by atoms with Crippen molar-refractivity contribution < 1.29 is 4.43 Å². The van der Waals surface area contributed by atoms with Gasteiger partial charge in [-0.15, -0.1) is 0 Å². The molecule has 2 atom stereocenters. The number of nitrogens with zero attached hydrogens (tertiary/aromatic N) is 5. The maximum atomic E-state index is 6.84. The van der Waals surface area contributed by atoms with Crippen LogP contribution in [0.25, 0.3) is 5.65 Å². The number of rotatable bonds is 5. The summed E-state index contributed by atoms with van der Waals surface area (Å²) in [5.74, 6) is 1.64. The van der Waals surface area contributed by atoms with Crippen LogP contribution in [0.5, 0.6) is 0 Å². The van der Waals surface area contributed by atoms with Crippen LogP contribution in [0.15, 0.2) is 41.5 Å². The summed E-state index contributed by atoms with van der Waals surface area (Å²) in [5.41, 5.74) is 3.50. The Bertz CT molecular complexity index is 1140. The zero-order valence-corrected chi connectivity index (χ0v) is 22.1. The number of anilines is 1. The predicted octanol–water partition coefficient (Wildman–Crippen LogP) is 6.11. The summed E-state index contributed by atoms with van der Waals surface area (Å²) in [7, 11) is -1.88. The van der Waals surface area contributed by atoms with Crippen LogP contribution in [0.1, 0.15) is 63.3 Å². The lowest BCUT2D eigenvalue weighted by molar-refractivity contribution is 0.198. The standard InChI is InChI=1S/C24H32BrN5OSi/c1-24(2,3)32(4,5)31-18-10-20(30(13-18)23-11-21(25)26-15-27-23)19-14-29-12-17(16-6-7-16)8-9-22(29)28-19/h8-9,11-12,14-16,18,20H,6-7,10,13H2,1-5H3/t18-,20+/m0/s1. The van der Waals surface area contributed by atoms with Crippen molar-refractivity contribution in [2.75, 3.05) is 11.4 Å². The van der Waals surface area contributed by atoms with E-state index in [2.05, 4.69) is 93.6 Å². The number of aromatic nitrogens is 4. The Labute approximate surface area is 199 Å². The van der Waals surface area contributed by atoms with Crippen molar-refractivity contribution in [1.29, 1.82) is 0 Å². The highest BCUT2D eigenvalue weighted by molar-refractivity contribution is 9.10. The van der Waals surface area contributed by atoms with E-state index < -0.39 is 8.32 Å². The molecule has 32 heavy (non-hydrogen) atoms. The van der Waals surface area contributed by atoms with Crippen molar-refractivity contribution in [3.05, 3.63) is 52.8 Å². The molecule has 3 aromatic heterocycles. The van der Waals surface area contributed by atoms with E-state index in [1.807, 2.05) is 6.07 Å². The third-order valence-corrected chi connectivity index (χ3v) is 12.3.